The largest absolute Gasteiger partial charge is 0.300 e. The van der Waals surface area contributed by atoms with Gasteiger partial charge >= 0.3 is 0 Å². The minimum Gasteiger partial charge on any atom is -0.300 e. The molecule has 1 N–H and O–H groups in total. The summed E-state index contributed by atoms with van der Waals surface area (Å²) in [4.78, 5) is 21.6. The van der Waals surface area contributed by atoms with Gasteiger partial charge in [-0.05, 0) is 0 Å². The third kappa shape index (κ3) is 3.49. The van der Waals surface area contributed by atoms with Crippen molar-refractivity contribution < 1.29 is 9.72 Å². The van der Waals surface area contributed by atoms with Crippen molar-refractivity contribution in [2.24, 2.45) is 0 Å². The normalized spacial score (nSPS) is 10.2. The van der Waals surface area contributed by atoms with E-state index in [1.54, 1.807) is 12.1 Å². The fourth-order valence-corrected chi connectivity index (χ4v) is 2.34. The molecule has 2 rings (SSSR count). The molecule has 0 unspecified atom stereocenters. The van der Waals surface area contributed by atoms with Crippen LogP contribution in [0.2, 0.25) is 0 Å². The maximum Gasteiger partial charge on any atom is 0.270 e. The van der Waals surface area contributed by atoms with Crippen molar-refractivity contribution in [2.75, 3.05) is 11.2 Å². The lowest BCUT2D eigenvalue weighted by molar-refractivity contribution is -0.384. The van der Waals surface area contributed by atoms with Crippen LogP contribution in [0.25, 0.3) is 10.6 Å². The second-order valence-corrected chi connectivity index (χ2v) is 5.06. The van der Waals surface area contributed by atoms with Gasteiger partial charge in [0, 0.05) is 30.0 Å². The van der Waals surface area contributed by atoms with Crippen LogP contribution in [0.3, 0.4) is 0 Å². The standard InChI is InChI=1S/C11H9ClN4O3S/c12-5-4-9(17)13-11-15-14-10(20-11)7-2-1-3-8(6-7)16(18)19/h1-3,6H,4-5H2,(H,13,15,17). The molecular weight excluding hydrogens is 304 g/mol. The number of nitro benzene ring substituents is 1. The predicted octanol–water partition coefficient (Wildman–Crippen LogP) is 2.68. The summed E-state index contributed by atoms with van der Waals surface area (Å²) in [6, 6.07) is 6.07. The SMILES string of the molecule is O=C(CCCl)Nc1nnc(-c2cccc([N+](=O)[O-])c2)s1. The highest BCUT2D eigenvalue weighted by Gasteiger charge is 2.12. The van der Waals surface area contributed by atoms with Crippen molar-refractivity contribution in [3.63, 3.8) is 0 Å². The van der Waals surface area contributed by atoms with Gasteiger partial charge in [0.05, 0.1) is 4.92 Å². The van der Waals surface area contributed by atoms with Crippen LogP contribution in [0.1, 0.15) is 6.42 Å². The number of hydrogen-bond acceptors (Lipinski definition) is 6. The van der Waals surface area contributed by atoms with Crippen LogP contribution in [0, 0.1) is 10.1 Å². The number of nitro groups is 1. The van der Waals surface area contributed by atoms with Crippen molar-refractivity contribution in [3.05, 3.63) is 34.4 Å². The summed E-state index contributed by atoms with van der Waals surface area (Å²) in [5, 5.41) is 21.8. The molecule has 0 radical (unpaired) electrons. The lowest BCUT2D eigenvalue weighted by Gasteiger charge is -1.97. The zero-order valence-corrected chi connectivity index (χ0v) is 11.6. The summed E-state index contributed by atoms with van der Waals surface area (Å²) in [5.74, 6) is -0.0238. The van der Waals surface area contributed by atoms with Crippen molar-refractivity contribution in [1.29, 1.82) is 0 Å². The Balaban J connectivity index is 2.18. The summed E-state index contributed by atoms with van der Waals surface area (Å²) >= 11 is 6.59. The molecule has 0 bridgehead atoms. The molecule has 0 aliphatic carbocycles. The van der Waals surface area contributed by atoms with E-state index in [1.807, 2.05) is 0 Å². The first-order valence-corrected chi connectivity index (χ1v) is 6.89. The maximum absolute atomic E-state index is 11.4. The molecule has 0 spiro atoms. The molecule has 2 aromatic rings. The smallest absolute Gasteiger partial charge is 0.270 e. The summed E-state index contributed by atoms with van der Waals surface area (Å²) in [7, 11) is 0. The van der Waals surface area contributed by atoms with E-state index in [9.17, 15) is 14.9 Å². The van der Waals surface area contributed by atoms with Crippen LogP contribution in [-0.4, -0.2) is 26.9 Å². The molecule has 7 nitrogen and oxygen atoms in total. The molecule has 1 aromatic heterocycles. The van der Waals surface area contributed by atoms with E-state index in [1.165, 1.54) is 12.1 Å². The molecular formula is C11H9ClN4O3S. The number of alkyl halides is 1. The number of aromatic nitrogens is 2. The number of halogens is 1. The fraction of sp³-hybridized carbons (Fsp3) is 0.182. The third-order valence-electron chi connectivity index (χ3n) is 2.30. The molecule has 104 valence electrons. The van der Waals surface area contributed by atoms with Crippen molar-refractivity contribution >= 4 is 39.7 Å². The van der Waals surface area contributed by atoms with E-state index in [-0.39, 0.29) is 23.9 Å². The van der Waals surface area contributed by atoms with Gasteiger partial charge in [0.1, 0.15) is 5.01 Å². The molecule has 0 aliphatic heterocycles. The zero-order chi connectivity index (χ0) is 14.5. The van der Waals surface area contributed by atoms with Gasteiger partial charge in [-0.25, -0.2) is 0 Å². The van der Waals surface area contributed by atoms with Crippen LogP contribution in [0.15, 0.2) is 24.3 Å². The van der Waals surface area contributed by atoms with Gasteiger partial charge in [0.2, 0.25) is 11.0 Å². The van der Waals surface area contributed by atoms with Gasteiger partial charge in [0.15, 0.2) is 0 Å². The molecule has 0 fully saturated rings. The Labute approximate surface area is 122 Å². The number of benzene rings is 1. The van der Waals surface area contributed by atoms with Crippen molar-refractivity contribution in [1.82, 2.24) is 10.2 Å². The summed E-state index contributed by atoms with van der Waals surface area (Å²) in [5.41, 5.74) is 0.556. The Kier molecular flexibility index (Phi) is 4.59. The average molecular weight is 313 g/mol. The Morgan fingerprint density at radius 1 is 1.45 bits per heavy atom. The summed E-state index contributed by atoms with van der Waals surface area (Å²) in [6.45, 7) is 0. The van der Waals surface area contributed by atoms with Gasteiger partial charge in [-0.2, -0.15) is 0 Å². The van der Waals surface area contributed by atoms with Gasteiger partial charge in [0.25, 0.3) is 5.69 Å². The molecule has 1 amide bonds. The van der Waals surface area contributed by atoms with E-state index in [2.05, 4.69) is 15.5 Å². The van der Waals surface area contributed by atoms with Crippen LogP contribution in [0.5, 0.6) is 0 Å². The highest BCUT2D eigenvalue weighted by Crippen LogP contribution is 2.28. The van der Waals surface area contributed by atoms with E-state index < -0.39 is 4.92 Å². The lowest BCUT2D eigenvalue weighted by atomic mass is 10.2. The van der Waals surface area contributed by atoms with Gasteiger partial charge in [-0.15, -0.1) is 21.8 Å². The number of carbonyl (C=O) groups is 1. The summed E-state index contributed by atoms with van der Waals surface area (Å²) in [6.07, 6.45) is 0.188. The van der Waals surface area contributed by atoms with E-state index >= 15 is 0 Å². The second kappa shape index (κ2) is 6.40. The first-order chi connectivity index (χ1) is 9.60. The molecule has 0 saturated carbocycles. The van der Waals surface area contributed by atoms with Gasteiger partial charge in [-0.3, -0.25) is 14.9 Å². The highest BCUT2D eigenvalue weighted by atomic mass is 35.5. The first-order valence-electron chi connectivity index (χ1n) is 5.54. The van der Waals surface area contributed by atoms with Crippen LogP contribution < -0.4 is 5.32 Å². The quantitative estimate of drug-likeness (QED) is 0.520. The van der Waals surface area contributed by atoms with Crippen LogP contribution in [-0.2, 0) is 4.79 Å². The highest BCUT2D eigenvalue weighted by molar-refractivity contribution is 7.18. The number of nitrogens with one attached hydrogen (secondary N) is 1. The van der Waals surface area contributed by atoms with Crippen LogP contribution in [0.4, 0.5) is 10.8 Å². The topological polar surface area (TPSA) is 98.0 Å². The van der Waals surface area contributed by atoms with Gasteiger partial charge in [-0.1, -0.05) is 23.5 Å². The molecule has 0 atom stereocenters. The number of carbonyl (C=O) groups excluding carboxylic acids is 1. The number of nitrogens with zero attached hydrogens (tertiary/aromatic N) is 3. The fourth-order valence-electron chi connectivity index (χ4n) is 1.41. The average Bonchev–Trinajstić information content (AvgIpc) is 2.87. The van der Waals surface area contributed by atoms with E-state index in [0.717, 1.165) is 11.3 Å². The zero-order valence-electron chi connectivity index (χ0n) is 10.1. The number of non-ortho nitro benzene ring substituents is 1. The number of amides is 1. The Bertz CT molecular complexity index is 646. The van der Waals surface area contributed by atoms with E-state index in [4.69, 9.17) is 11.6 Å². The molecule has 1 heterocycles. The molecule has 9 heteroatoms. The predicted molar refractivity (Wildman–Crippen MR) is 76.0 cm³/mol. The summed E-state index contributed by atoms with van der Waals surface area (Å²) < 4.78 is 0. The van der Waals surface area contributed by atoms with Crippen LogP contribution >= 0.6 is 22.9 Å². The van der Waals surface area contributed by atoms with Crippen molar-refractivity contribution in [3.8, 4) is 10.6 Å². The molecule has 1 aromatic carbocycles. The second-order valence-electron chi connectivity index (χ2n) is 3.71. The number of hydrogen-bond donors (Lipinski definition) is 1. The number of anilines is 1. The minimum absolute atomic E-state index is 0.0228. The Morgan fingerprint density at radius 3 is 2.95 bits per heavy atom. The molecule has 0 saturated heterocycles. The maximum atomic E-state index is 11.4. The third-order valence-corrected chi connectivity index (χ3v) is 3.37. The van der Waals surface area contributed by atoms with Gasteiger partial charge < -0.3 is 5.32 Å². The monoisotopic (exact) mass is 312 g/mol. The Morgan fingerprint density at radius 2 is 2.25 bits per heavy atom. The lowest BCUT2D eigenvalue weighted by Crippen LogP contribution is -2.11. The molecule has 0 aliphatic rings. The Hall–Kier alpha value is -2.06. The minimum atomic E-state index is -0.478. The number of rotatable bonds is 5. The van der Waals surface area contributed by atoms with E-state index in [0.29, 0.717) is 15.7 Å². The molecule has 20 heavy (non-hydrogen) atoms. The van der Waals surface area contributed by atoms with Crippen molar-refractivity contribution in [2.45, 2.75) is 6.42 Å². The first kappa shape index (κ1) is 14.4.